The van der Waals surface area contributed by atoms with Gasteiger partial charge in [0.15, 0.2) is 5.82 Å². The molecule has 3 aromatic heterocycles. The fourth-order valence-electron chi connectivity index (χ4n) is 4.43. The number of nitrogens with one attached hydrogen (secondary N) is 1. The van der Waals surface area contributed by atoms with E-state index in [2.05, 4.69) is 60.1 Å². The lowest BCUT2D eigenvalue weighted by atomic mass is 9.80. The molecular formula is C23H24N6. The summed E-state index contributed by atoms with van der Waals surface area (Å²) in [4.78, 5) is 13.1. The average molecular weight is 384 g/mol. The maximum atomic E-state index is 4.75. The molecule has 0 unspecified atom stereocenters. The lowest BCUT2D eigenvalue weighted by molar-refractivity contribution is 0.454. The summed E-state index contributed by atoms with van der Waals surface area (Å²) in [6.45, 7) is 8.98. The Labute approximate surface area is 170 Å². The van der Waals surface area contributed by atoms with Gasteiger partial charge in [0, 0.05) is 40.9 Å². The molecule has 0 aliphatic carbocycles. The summed E-state index contributed by atoms with van der Waals surface area (Å²) >= 11 is 0. The minimum atomic E-state index is 0.107. The zero-order chi connectivity index (χ0) is 20.2. The Kier molecular flexibility index (Phi) is 3.91. The highest BCUT2D eigenvalue weighted by Gasteiger charge is 2.30. The van der Waals surface area contributed by atoms with Crippen LogP contribution in [-0.2, 0) is 0 Å². The van der Waals surface area contributed by atoms with Crippen molar-refractivity contribution in [3.8, 4) is 22.6 Å². The number of pyridine rings is 1. The summed E-state index contributed by atoms with van der Waals surface area (Å²) in [7, 11) is 0. The van der Waals surface area contributed by atoms with E-state index >= 15 is 0 Å². The van der Waals surface area contributed by atoms with Crippen molar-refractivity contribution in [2.45, 2.75) is 45.6 Å². The van der Waals surface area contributed by atoms with Crippen LogP contribution in [0.2, 0.25) is 0 Å². The van der Waals surface area contributed by atoms with E-state index in [0.29, 0.717) is 17.5 Å². The molecule has 146 valence electrons. The first-order valence-electron chi connectivity index (χ1n) is 9.96. The van der Waals surface area contributed by atoms with Gasteiger partial charge in [0.05, 0.1) is 5.69 Å². The molecule has 0 bridgehead atoms. The summed E-state index contributed by atoms with van der Waals surface area (Å²) in [5, 5.41) is 8.45. The van der Waals surface area contributed by atoms with Crippen LogP contribution in [0.25, 0.3) is 28.4 Å². The van der Waals surface area contributed by atoms with Crippen LogP contribution in [-0.4, -0.2) is 30.1 Å². The van der Waals surface area contributed by atoms with Crippen molar-refractivity contribution in [1.29, 1.82) is 0 Å². The molecule has 4 heterocycles. The topological polar surface area (TPSA) is 68.0 Å². The summed E-state index contributed by atoms with van der Waals surface area (Å²) in [6.07, 6.45) is 6.40. The van der Waals surface area contributed by atoms with E-state index in [4.69, 9.17) is 5.10 Å². The third kappa shape index (κ3) is 3.05. The average Bonchev–Trinajstić information content (AvgIpc) is 3.12. The Morgan fingerprint density at radius 2 is 1.90 bits per heavy atom. The van der Waals surface area contributed by atoms with Crippen molar-refractivity contribution >= 4 is 11.5 Å². The van der Waals surface area contributed by atoms with E-state index in [1.165, 1.54) is 16.8 Å². The molecule has 1 atom stereocenters. The highest BCUT2D eigenvalue weighted by molar-refractivity contribution is 5.73. The van der Waals surface area contributed by atoms with Gasteiger partial charge in [-0.05, 0) is 74.6 Å². The van der Waals surface area contributed by atoms with Gasteiger partial charge in [-0.15, -0.1) is 5.10 Å². The van der Waals surface area contributed by atoms with Crippen LogP contribution < -0.4 is 5.32 Å². The van der Waals surface area contributed by atoms with Crippen LogP contribution in [0.3, 0.4) is 0 Å². The number of benzene rings is 1. The van der Waals surface area contributed by atoms with E-state index in [0.717, 1.165) is 23.2 Å². The predicted molar refractivity (Wildman–Crippen MR) is 115 cm³/mol. The van der Waals surface area contributed by atoms with E-state index in [-0.39, 0.29) is 5.54 Å². The first-order chi connectivity index (χ1) is 13.9. The summed E-state index contributed by atoms with van der Waals surface area (Å²) in [5.41, 5.74) is 6.99. The van der Waals surface area contributed by atoms with Gasteiger partial charge in [0.1, 0.15) is 0 Å². The van der Waals surface area contributed by atoms with Gasteiger partial charge in [0.25, 0.3) is 5.78 Å². The van der Waals surface area contributed by atoms with Crippen molar-refractivity contribution in [2.75, 3.05) is 5.32 Å². The molecule has 6 nitrogen and oxygen atoms in total. The van der Waals surface area contributed by atoms with Gasteiger partial charge in [-0.1, -0.05) is 6.92 Å². The zero-order valence-corrected chi connectivity index (χ0v) is 17.1. The van der Waals surface area contributed by atoms with Crippen LogP contribution in [0.5, 0.6) is 0 Å². The monoisotopic (exact) mass is 384 g/mol. The summed E-state index contributed by atoms with van der Waals surface area (Å²) < 4.78 is 1.84. The number of hydrogen-bond donors (Lipinski definition) is 1. The number of aromatic nitrogens is 5. The SMILES string of the molecule is Cc1cc2c(cc1-c1ccnc3nc(-c4ccncc4)nn13)[C@H](C)CC(C)(C)N2. The number of rotatable bonds is 2. The van der Waals surface area contributed by atoms with Crippen LogP contribution in [0.4, 0.5) is 5.69 Å². The molecule has 1 aromatic carbocycles. The minimum absolute atomic E-state index is 0.107. The molecule has 0 radical (unpaired) electrons. The fourth-order valence-corrected chi connectivity index (χ4v) is 4.43. The maximum absolute atomic E-state index is 4.75. The maximum Gasteiger partial charge on any atom is 0.253 e. The number of nitrogens with zero attached hydrogens (tertiary/aromatic N) is 5. The van der Waals surface area contributed by atoms with E-state index in [1.807, 2.05) is 22.7 Å². The summed E-state index contributed by atoms with van der Waals surface area (Å²) in [6, 6.07) is 10.4. The number of hydrogen-bond acceptors (Lipinski definition) is 5. The molecule has 29 heavy (non-hydrogen) atoms. The Balaban J connectivity index is 1.67. The molecule has 1 aliphatic heterocycles. The third-order valence-electron chi connectivity index (χ3n) is 5.67. The molecule has 4 aromatic rings. The largest absolute Gasteiger partial charge is 0.380 e. The van der Waals surface area contributed by atoms with Gasteiger partial charge in [-0.3, -0.25) is 4.98 Å². The lowest BCUT2D eigenvalue weighted by Crippen LogP contribution is -2.36. The fraction of sp³-hybridized carbons (Fsp3) is 0.304. The molecule has 1 N–H and O–H groups in total. The Bertz CT molecular complexity index is 1210. The lowest BCUT2D eigenvalue weighted by Gasteiger charge is -2.38. The zero-order valence-electron chi connectivity index (χ0n) is 17.1. The van der Waals surface area contributed by atoms with Gasteiger partial charge >= 0.3 is 0 Å². The van der Waals surface area contributed by atoms with Crippen molar-refractivity contribution in [1.82, 2.24) is 24.6 Å². The Hall–Kier alpha value is -3.28. The van der Waals surface area contributed by atoms with Gasteiger partial charge in [-0.2, -0.15) is 9.50 Å². The van der Waals surface area contributed by atoms with Crippen LogP contribution >= 0.6 is 0 Å². The second-order valence-electron chi connectivity index (χ2n) is 8.58. The molecular weight excluding hydrogens is 360 g/mol. The molecule has 0 spiro atoms. The summed E-state index contributed by atoms with van der Waals surface area (Å²) in [5.74, 6) is 1.74. The number of fused-ring (bicyclic) bond motifs is 2. The molecule has 1 aliphatic rings. The van der Waals surface area contributed by atoms with Gasteiger partial charge in [0.2, 0.25) is 0 Å². The highest BCUT2D eigenvalue weighted by Crippen LogP contribution is 2.41. The molecule has 0 saturated heterocycles. The second-order valence-corrected chi connectivity index (χ2v) is 8.58. The number of aryl methyl sites for hydroxylation is 1. The van der Waals surface area contributed by atoms with Crippen LogP contribution in [0.1, 0.15) is 44.2 Å². The number of anilines is 1. The van der Waals surface area contributed by atoms with E-state index in [1.54, 1.807) is 18.6 Å². The van der Waals surface area contributed by atoms with E-state index in [9.17, 15) is 0 Å². The first kappa shape index (κ1) is 17.8. The van der Waals surface area contributed by atoms with Gasteiger partial charge in [-0.25, -0.2) is 4.98 Å². The van der Waals surface area contributed by atoms with Crippen molar-refractivity contribution in [2.24, 2.45) is 0 Å². The van der Waals surface area contributed by atoms with Crippen molar-refractivity contribution < 1.29 is 0 Å². The normalized spacial score (nSPS) is 17.7. The Morgan fingerprint density at radius 3 is 2.69 bits per heavy atom. The standard InChI is InChI=1S/C23H24N6/c1-14-11-19-17(15(2)13-23(3,4)27-19)12-18(14)20-7-10-25-22-26-21(28-29(20)22)16-5-8-24-9-6-16/h5-12,15,27H,13H2,1-4H3/t15-/m1/s1. The third-order valence-corrected chi connectivity index (χ3v) is 5.67. The molecule has 0 fully saturated rings. The highest BCUT2D eigenvalue weighted by atomic mass is 15.3. The van der Waals surface area contributed by atoms with Crippen LogP contribution in [0, 0.1) is 6.92 Å². The Morgan fingerprint density at radius 1 is 1.10 bits per heavy atom. The first-order valence-corrected chi connectivity index (χ1v) is 9.96. The molecule has 0 amide bonds. The second kappa shape index (κ2) is 6.37. The molecule has 5 rings (SSSR count). The quantitative estimate of drug-likeness (QED) is 0.534. The molecule has 6 heteroatoms. The van der Waals surface area contributed by atoms with Crippen LogP contribution in [0.15, 0.2) is 48.9 Å². The van der Waals surface area contributed by atoms with Gasteiger partial charge < -0.3 is 5.32 Å². The smallest absolute Gasteiger partial charge is 0.253 e. The van der Waals surface area contributed by atoms with E-state index < -0.39 is 0 Å². The molecule has 0 saturated carbocycles. The van der Waals surface area contributed by atoms with Crippen molar-refractivity contribution in [3.63, 3.8) is 0 Å². The minimum Gasteiger partial charge on any atom is -0.380 e. The predicted octanol–water partition coefficient (Wildman–Crippen LogP) is 4.86. The van der Waals surface area contributed by atoms with Crippen molar-refractivity contribution in [3.05, 3.63) is 60.0 Å².